The molecule has 0 aromatic heterocycles. The van der Waals surface area contributed by atoms with Crippen LogP contribution in [0.25, 0.3) is 0 Å². The first-order valence-corrected chi connectivity index (χ1v) is 6.64. The Kier molecular flexibility index (Phi) is 8.47. The summed E-state index contributed by atoms with van der Waals surface area (Å²) in [6.45, 7) is 3.54. The number of ether oxygens (including phenoxy) is 2. The summed E-state index contributed by atoms with van der Waals surface area (Å²) in [4.78, 5) is 0. The second-order valence-electron chi connectivity index (χ2n) is 4.43. The Morgan fingerprint density at radius 3 is 2.44 bits per heavy atom. The topological polar surface area (TPSA) is 30.5 Å². The quantitative estimate of drug-likeness (QED) is 0.649. The second kappa shape index (κ2) is 10.1. The van der Waals surface area contributed by atoms with E-state index in [0.717, 1.165) is 26.1 Å². The van der Waals surface area contributed by atoms with Crippen LogP contribution in [0.2, 0.25) is 0 Å². The van der Waals surface area contributed by atoms with Crippen LogP contribution in [0, 0.1) is 0 Å². The lowest BCUT2D eigenvalue weighted by Gasteiger charge is -2.10. The van der Waals surface area contributed by atoms with Gasteiger partial charge < -0.3 is 14.8 Å². The molecule has 1 N–H and O–H groups in total. The first-order chi connectivity index (χ1) is 8.88. The van der Waals surface area contributed by atoms with E-state index in [9.17, 15) is 0 Å². The van der Waals surface area contributed by atoms with Gasteiger partial charge in [-0.2, -0.15) is 0 Å². The van der Waals surface area contributed by atoms with E-state index < -0.39 is 0 Å². The molecule has 1 aromatic carbocycles. The van der Waals surface area contributed by atoms with Crippen molar-refractivity contribution in [1.29, 1.82) is 0 Å². The van der Waals surface area contributed by atoms with Crippen molar-refractivity contribution in [2.24, 2.45) is 0 Å². The van der Waals surface area contributed by atoms with Gasteiger partial charge in [0.05, 0.1) is 6.61 Å². The molecule has 0 aliphatic carbocycles. The molecular weight excluding hydrogens is 226 g/mol. The molecule has 0 saturated carbocycles. The van der Waals surface area contributed by atoms with Gasteiger partial charge in [-0.15, -0.1) is 0 Å². The maximum absolute atomic E-state index is 5.20. The molecular formula is C15H25NO2. The van der Waals surface area contributed by atoms with Crippen molar-refractivity contribution in [2.45, 2.75) is 32.4 Å². The Morgan fingerprint density at radius 2 is 1.72 bits per heavy atom. The van der Waals surface area contributed by atoms with Crippen molar-refractivity contribution < 1.29 is 9.47 Å². The largest absolute Gasteiger partial charge is 0.385 e. The van der Waals surface area contributed by atoms with Crippen LogP contribution in [-0.2, 0) is 22.6 Å². The van der Waals surface area contributed by atoms with Gasteiger partial charge in [-0.3, -0.25) is 0 Å². The van der Waals surface area contributed by atoms with Crippen LogP contribution in [0.3, 0.4) is 0 Å². The van der Waals surface area contributed by atoms with E-state index in [-0.39, 0.29) is 0 Å². The zero-order valence-corrected chi connectivity index (χ0v) is 11.6. The zero-order chi connectivity index (χ0) is 13.1. The average Bonchev–Trinajstić information content (AvgIpc) is 2.40. The minimum Gasteiger partial charge on any atom is -0.385 e. The van der Waals surface area contributed by atoms with Crippen LogP contribution < -0.4 is 5.32 Å². The third kappa shape index (κ3) is 6.15. The zero-order valence-electron chi connectivity index (χ0n) is 11.6. The fourth-order valence-corrected chi connectivity index (χ4v) is 1.92. The Morgan fingerprint density at radius 1 is 0.944 bits per heavy atom. The lowest BCUT2D eigenvalue weighted by Crippen LogP contribution is -2.16. The number of benzene rings is 1. The Hall–Kier alpha value is -0.900. The van der Waals surface area contributed by atoms with Gasteiger partial charge in [0, 0.05) is 27.4 Å². The third-order valence-corrected chi connectivity index (χ3v) is 2.94. The highest BCUT2D eigenvalue weighted by Gasteiger charge is 2.00. The normalized spacial score (nSPS) is 10.8. The molecule has 0 aliphatic rings. The molecule has 0 saturated heterocycles. The summed E-state index contributed by atoms with van der Waals surface area (Å²) in [5.41, 5.74) is 2.60. The summed E-state index contributed by atoms with van der Waals surface area (Å²) >= 11 is 0. The highest BCUT2D eigenvalue weighted by Crippen LogP contribution is 2.09. The summed E-state index contributed by atoms with van der Waals surface area (Å²) in [6, 6.07) is 8.42. The van der Waals surface area contributed by atoms with Crippen molar-refractivity contribution in [2.75, 3.05) is 27.4 Å². The summed E-state index contributed by atoms with van der Waals surface area (Å²) in [6.07, 6.45) is 3.58. The highest BCUT2D eigenvalue weighted by molar-refractivity contribution is 5.26. The number of unbranched alkanes of at least 4 members (excludes halogenated alkanes) is 2. The molecule has 102 valence electrons. The van der Waals surface area contributed by atoms with E-state index in [2.05, 4.69) is 29.6 Å². The standard InChI is InChI=1S/C15H25NO2/c1-17-11-7-3-6-10-16-12-14-8-4-5-9-15(14)13-18-2/h4-5,8-9,16H,3,6-7,10-13H2,1-2H3. The molecule has 0 aliphatic heterocycles. The van der Waals surface area contributed by atoms with E-state index in [1.54, 1.807) is 14.2 Å². The fraction of sp³-hybridized carbons (Fsp3) is 0.600. The van der Waals surface area contributed by atoms with Gasteiger partial charge >= 0.3 is 0 Å². The summed E-state index contributed by atoms with van der Waals surface area (Å²) in [5.74, 6) is 0. The molecule has 0 spiro atoms. The van der Waals surface area contributed by atoms with Crippen LogP contribution in [-0.4, -0.2) is 27.4 Å². The number of hydrogen-bond acceptors (Lipinski definition) is 3. The first kappa shape index (κ1) is 15.2. The van der Waals surface area contributed by atoms with E-state index >= 15 is 0 Å². The smallest absolute Gasteiger partial charge is 0.0716 e. The number of rotatable bonds is 10. The summed E-state index contributed by atoms with van der Waals surface area (Å²) < 4.78 is 10.2. The molecule has 0 radical (unpaired) electrons. The lowest BCUT2D eigenvalue weighted by atomic mass is 10.1. The molecule has 3 nitrogen and oxygen atoms in total. The van der Waals surface area contributed by atoms with Crippen molar-refractivity contribution in [1.82, 2.24) is 5.32 Å². The number of nitrogens with one attached hydrogen (secondary N) is 1. The molecule has 0 atom stereocenters. The fourth-order valence-electron chi connectivity index (χ4n) is 1.92. The van der Waals surface area contributed by atoms with Crippen molar-refractivity contribution in [3.63, 3.8) is 0 Å². The van der Waals surface area contributed by atoms with Crippen LogP contribution in [0.1, 0.15) is 30.4 Å². The molecule has 0 bridgehead atoms. The predicted octanol–water partition coefficient (Wildman–Crippen LogP) is 2.74. The molecule has 0 amide bonds. The summed E-state index contributed by atoms with van der Waals surface area (Å²) in [5, 5.41) is 3.48. The SMILES string of the molecule is COCCCCCNCc1ccccc1COC. The average molecular weight is 251 g/mol. The van der Waals surface area contributed by atoms with E-state index in [0.29, 0.717) is 6.61 Å². The number of methoxy groups -OCH3 is 2. The molecule has 18 heavy (non-hydrogen) atoms. The lowest BCUT2D eigenvalue weighted by molar-refractivity contribution is 0.184. The summed E-state index contributed by atoms with van der Waals surface area (Å²) in [7, 11) is 3.49. The minimum atomic E-state index is 0.686. The molecule has 1 rings (SSSR count). The van der Waals surface area contributed by atoms with Gasteiger partial charge in [-0.05, 0) is 36.9 Å². The number of hydrogen-bond donors (Lipinski definition) is 1. The van der Waals surface area contributed by atoms with Gasteiger partial charge in [0.2, 0.25) is 0 Å². The van der Waals surface area contributed by atoms with E-state index in [1.165, 1.54) is 24.0 Å². The maximum atomic E-state index is 5.20. The Bertz CT molecular complexity index is 315. The van der Waals surface area contributed by atoms with Crippen LogP contribution in [0.4, 0.5) is 0 Å². The predicted molar refractivity (Wildman–Crippen MR) is 74.6 cm³/mol. The van der Waals surface area contributed by atoms with Crippen LogP contribution in [0.5, 0.6) is 0 Å². The van der Waals surface area contributed by atoms with Gasteiger partial charge in [0.25, 0.3) is 0 Å². The molecule has 1 aromatic rings. The van der Waals surface area contributed by atoms with Gasteiger partial charge in [0.15, 0.2) is 0 Å². The van der Waals surface area contributed by atoms with E-state index in [1.807, 2.05) is 0 Å². The van der Waals surface area contributed by atoms with Crippen molar-refractivity contribution in [3.8, 4) is 0 Å². The first-order valence-electron chi connectivity index (χ1n) is 6.64. The second-order valence-corrected chi connectivity index (χ2v) is 4.43. The van der Waals surface area contributed by atoms with E-state index in [4.69, 9.17) is 9.47 Å². The molecule has 0 fully saturated rings. The maximum Gasteiger partial charge on any atom is 0.0716 e. The molecule has 0 unspecified atom stereocenters. The minimum absolute atomic E-state index is 0.686. The van der Waals surface area contributed by atoms with Crippen LogP contribution in [0.15, 0.2) is 24.3 Å². The monoisotopic (exact) mass is 251 g/mol. The van der Waals surface area contributed by atoms with Gasteiger partial charge in [-0.1, -0.05) is 24.3 Å². The third-order valence-electron chi connectivity index (χ3n) is 2.94. The van der Waals surface area contributed by atoms with Gasteiger partial charge in [0.1, 0.15) is 0 Å². The Labute approximate surface area is 110 Å². The van der Waals surface area contributed by atoms with Crippen molar-refractivity contribution >= 4 is 0 Å². The highest BCUT2D eigenvalue weighted by atomic mass is 16.5. The Balaban J connectivity index is 2.18. The van der Waals surface area contributed by atoms with Crippen molar-refractivity contribution in [3.05, 3.63) is 35.4 Å². The van der Waals surface area contributed by atoms with Crippen LogP contribution >= 0.6 is 0 Å². The molecule has 3 heteroatoms. The molecule has 0 heterocycles. The van der Waals surface area contributed by atoms with Gasteiger partial charge in [-0.25, -0.2) is 0 Å².